The van der Waals surface area contributed by atoms with Crippen molar-refractivity contribution in [3.8, 4) is 5.75 Å². The number of azo groups is 1. The fraction of sp³-hybridized carbons (Fsp3) is 0.233. The van der Waals surface area contributed by atoms with Crippen LogP contribution in [0.2, 0.25) is 0 Å². The van der Waals surface area contributed by atoms with Crippen LogP contribution in [0, 0.1) is 0 Å². The van der Waals surface area contributed by atoms with Crippen LogP contribution in [0.4, 0.5) is 17.1 Å². The molecule has 4 rings (SSSR count). The van der Waals surface area contributed by atoms with Crippen LogP contribution in [0.1, 0.15) is 42.1 Å². The van der Waals surface area contributed by atoms with E-state index in [0.717, 1.165) is 6.54 Å². The Morgan fingerprint density at radius 1 is 1.14 bits per heavy atom. The monoisotopic (exact) mass is 623 g/mol. The van der Waals surface area contributed by atoms with Crippen molar-refractivity contribution < 1.29 is 28.5 Å². The normalized spacial score (nSPS) is 17.2. The highest BCUT2D eigenvalue weighted by atomic mass is 32.2. The third-order valence-corrected chi connectivity index (χ3v) is 9.48. The summed E-state index contributed by atoms with van der Waals surface area (Å²) < 4.78 is 29.0. The van der Waals surface area contributed by atoms with Crippen LogP contribution in [0.15, 0.2) is 106 Å². The van der Waals surface area contributed by atoms with Crippen molar-refractivity contribution in [3.63, 3.8) is 0 Å². The number of aliphatic hydroxyl groups is 1. The number of allylic oxidation sites excluding steroid dienone is 1. The largest absolute Gasteiger partial charge is 0.508 e. The van der Waals surface area contributed by atoms with Crippen LogP contribution >= 0.6 is 11.8 Å². The molecule has 1 aliphatic rings. The lowest BCUT2D eigenvalue weighted by molar-refractivity contribution is 0.0697. The maximum atomic E-state index is 13.2. The van der Waals surface area contributed by atoms with Crippen molar-refractivity contribution >= 4 is 44.8 Å². The van der Waals surface area contributed by atoms with Crippen molar-refractivity contribution in [2.24, 2.45) is 10.2 Å². The highest BCUT2D eigenvalue weighted by Gasteiger charge is 2.38. The summed E-state index contributed by atoms with van der Waals surface area (Å²) in [5.41, 5.74) is 1.79. The summed E-state index contributed by atoms with van der Waals surface area (Å²) in [6, 6.07) is 16.5. The standard InChI is InChI=1S/C30H33N5O6S2/c1-19(31-32-26-9-7-6-8-24(26)29(38)39)17-35(20(2)36)22-11-13-23(14-12-22)43(40,41)33-21-10-15-27(37)25(16-21)28-34(5)18-30(3,4)42-28/h6-17,28,33,36-37H,2,18H2,1,3-5H3,(H,38,39)/b19-17-,32-31?. The summed E-state index contributed by atoms with van der Waals surface area (Å²) in [4.78, 5) is 14.8. The van der Waals surface area contributed by atoms with Gasteiger partial charge in [0.25, 0.3) is 10.0 Å². The molecule has 43 heavy (non-hydrogen) atoms. The predicted molar refractivity (Wildman–Crippen MR) is 168 cm³/mol. The number of hydrogen-bond acceptors (Lipinski definition) is 10. The highest BCUT2D eigenvalue weighted by molar-refractivity contribution is 8.01. The molecule has 0 saturated carbocycles. The van der Waals surface area contributed by atoms with Gasteiger partial charge in [0.05, 0.1) is 21.5 Å². The average Bonchev–Trinajstić information content (AvgIpc) is 3.23. The minimum Gasteiger partial charge on any atom is -0.508 e. The zero-order chi connectivity index (χ0) is 31.5. The Kier molecular flexibility index (Phi) is 9.18. The van der Waals surface area contributed by atoms with E-state index in [1.165, 1.54) is 59.6 Å². The third-order valence-electron chi connectivity index (χ3n) is 6.48. The van der Waals surface area contributed by atoms with Crippen LogP contribution in [0.5, 0.6) is 5.75 Å². The van der Waals surface area contributed by atoms with E-state index < -0.39 is 16.0 Å². The number of aromatic carboxylic acids is 1. The second-order valence-corrected chi connectivity index (χ2v) is 14.1. The van der Waals surface area contributed by atoms with Gasteiger partial charge in [-0.2, -0.15) is 5.11 Å². The van der Waals surface area contributed by atoms with E-state index in [-0.39, 0.29) is 37.9 Å². The molecule has 0 radical (unpaired) electrons. The number of aliphatic hydroxyl groups excluding tert-OH is 1. The molecule has 0 aliphatic carbocycles. The average molecular weight is 624 g/mol. The van der Waals surface area contributed by atoms with Crippen molar-refractivity contribution in [2.75, 3.05) is 23.2 Å². The molecule has 1 unspecified atom stereocenters. The number of rotatable bonds is 10. The topological polar surface area (TPSA) is 155 Å². The number of anilines is 2. The Labute approximate surface area is 254 Å². The molecule has 3 aromatic carbocycles. The molecule has 1 aliphatic heterocycles. The number of benzene rings is 3. The first kappa shape index (κ1) is 31.6. The number of phenols is 1. The lowest BCUT2D eigenvalue weighted by Crippen LogP contribution is -2.24. The van der Waals surface area contributed by atoms with Crippen LogP contribution in [-0.2, 0) is 10.0 Å². The van der Waals surface area contributed by atoms with Gasteiger partial charge in [0, 0.05) is 34.4 Å². The van der Waals surface area contributed by atoms with Gasteiger partial charge < -0.3 is 15.3 Å². The van der Waals surface area contributed by atoms with E-state index in [1.54, 1.807) is 36.9 Å². The number of phenolic OH excluding ortho intramolecular Hbond substituents is 1. The summed E-state index contributed by atoms with van der Waals surface area (Å²) in [5.74, 6) is -1.40. The maximum absolute atomic E-state index is 13.2. The molecule has 11 nitrogen and oxygen atoms in total. The van der Waals surface area contributed by atoms with E-state index in [4.69, 9.17) is 0 Å². The molecule has 4 N–H and O–H groups in total. The molecule has 1 fully saturated rings. The van der Waals surface area contributed by atoms with Gasteiger partial charge in [-0.25, -0.2) is 13.2 Å². The van der Waals surface area contributed by atoms with E-state index in [2.05, 4.69) is 40.3 Å². The first-order valence-corrected chi connectivity index (χ1v) is 15.5. The molecule has 1 saturated heterocycles. The predicted octanol–water partition coefficient (Wildman–Crippen LogP) is 6.83. The summed E-state index contributed by atoms with van der Waals surface area (Å²) in [6.45, 7) is 10.2. The summed E-state index contributed by atoms with van der Waals surface area (Å²) in [6.07, 6.45) is 1.42. The van der Waals surface area contributed by atoms with Crippen molar-refractivity contribution in [2.45, 2.75) is 35.8 Å². The molecule has 0 spiro atoms. The summed E-state index contributed by atoms with van der Waals surface area (Å²) >= 11 is 1.70. The van der Waals surface area contributed by atoms with Crippen LogP contribution in [0.25, 0.3) is 0 Å². The maximum Gasteiger partial charge on any atom is 0.337 e. The van der Waals surface area contributed by atoms with Crippen molar-refractivity contribution in [3.05, 3.63) is 102 Å². The lowest BCUT2D eigenvalue weighted by Gasteiger charge is -2.21. The molecule has 0 amide bonds. The molecule has 1 atom stereocenters. The minimum absolute atomic E-state index is 0.00915. The number of thioether (sulfide) groups is 1. The number of hydrogen-bond donors (Lipinski definition) is 4. The number of nitrogens with zero attached hydrogens (tertiary/aromatic N) is 4. The van der Waals surface area contributed by atoms with Gasteiger partial charge in [0.1, 0.15) is 11.4 Å². The number of sulfonamides is 1. The fourth-order valence-corrected chi connectivity index (χ4v) is 7.12. The molecule has 3 aromatic rings. The van der Waals surface area contributed by atoms with Crippen LogP contribution in [0.3, 0.4) is 0 Å². The Balaban J connectivity index is 1.53. The third kappa shape index (κ3) is 7.55. The number of carboxylic acid groups (broad SMARTS) is 1. The van der Waals surface area contributed by atoms with Crippen LogP contribution < -0.4 is 9.62 Å². The SMILES string of the molecule is C=C(O)N(/C=C(/C)N=Nc1ccccc1C(=O)O)c1ccc(S(=O)(=O)Nc2ccc(O)c(C3SC(C)(C)CN3C)c2)cc1. The quantitative estimate of drug-likeness (QED) is 0.108. The van der Waals surface area contributed by atoms with Gasteiger partial charge in [0.15, 0.2) is 5.88 Å². The zero-order valence-electron chi connectivity index (χ0n) is 24.1. The second kappa shape index (κ2) is 12.5. The van der Waals surface area contributed by atoms with E-state index in [1.807, 2.05) is 7.05 Å². The van der Waals surface area contributed by atoms with Gasteiger partial charge in [-0.3, -0.25) is 14.5 Å². The van der Waals surface area contributed by atoms with Crippen molar-refractivity contribution in [1.82, 2.24) is 4.90 Å². The smallest absolute Gasteiger partial charge is 0.337 e. The Bertz CT molecular complexity index is 1700. The first-order valence-electron chi connectivity index (χ1n) is 13.1. The number of carbonyl (C=O) groups is 1. The molecule has 0 aromatic heterocycles. The lowest BCUT2D eigenvalue weighted by atomic mass is 10.1. The summed E-state index contributed by atoms with van der Waals surface area (Å²) in [7, 11) is -2.03. The minimum atomic E-state index is -3.99. The van der Waals surface area contributed by atoms with E-state index in [0.29, 0.717) is 22.6 Å². The summed E-state index contributed by atoms with van der Waals surface area (Å²) in [5, 5.41) is 38.0. The Morgan fingerprint density at radius 2 is 1.81 bits per heavy atom. The number of carboxylic acids is 1. The molecule has 0 bridgehead atoms. The molecule has 226 valence electrons. The highest BCUT2D eigenvalue weighted by Crippen LogP contribution is 2.49. The van der Waals surface area contributed by atoms with E-state index in [9.17, 15) is 28.5 Å². The van der Waals surface area contributed by atoms with Gasteiger partial charge in [-0.15, -0.1) is 16.9 Å². The van der Waals surface area contributed by atoms with Gasteiger partial charge in [0.2, 0.25) is 0 Å². The van der Waals surface area contributed by atoms with Gasteiger partial charge in [-0.05, 0) is 89.0 Å². The number of aromatic hydroxyl groups is 1. The van der Waals surface area contributed by atoms with Crippen molar-refractivity contribution in [1.29, 1.82) is 0 Å². The van der Waals surface area contributed by atoms with Gasteiger partial charge >= 0.3 is 5.97 Å². The van der Waals surface area contributed by atoms with E-state index >= 15 is 0 Å². The second-order valence-electron chi connectivity index (χ2n) is 10.6. The molecular formula is C30H33N5O6S2. The Hall–Kier alpha value is -4.33. The zero-order valence-corrected chi connectivity index (χ0v) is 25.7. The van der Waals surface area contributed by atoms with Gasteiger partial charge in [-0.1, -0.05) is 12.1 Å². The number of nitrogens with one attached hydrogen (secondary N) is 1. The van der Waals surface area contributed by atoms with Crippen LogP contribution in [-0.4, -0.2) is 52.9 Å². The molecule has 13 heteroatoms. The fourth-order valence-electron chi connectivity index (χ4n) is 4.61. The molecular weight excluding hydrogens is 590 g/mol. The Morgan fingerprint density at radius 3 is 2.42 bits per heavy atom. The first-order chi connectivity index (χ1) is 20.2. The molecule has 1 heterocycles.